The number of rotatable bonds is 11. The van der Waals surface area contributed by atoms with Gasteiger partial charge >= 0.3 is 12.0 Å². The summed E-state index contributed by atoms with van der Waals surface area (Å²) in [7, 11) is 1.82. The lowest BCUT2D eigenvalue weighted by Crippen LogP contribution is -2.43. The number of nitrogens with zero attached hydrogens (tertiary/aromatic N) is 2. The van der Waals surface area contributed by atoms with E-state index in [4.69, 9.17) is 9.47 Å². The maximum atomic E-state index is 14.0. The van der Waals surface area contributed by atoms with Crippen LogP contribution in [0.15, 0.2) is 78.9 Å². The first kappa shape index (κ1) is 26.0. The molecule has 7 nitrogen and oxygen atoms in total. The number of carboxylic acid groups (broad SMARTS) is 1. The average molecular weight is 507 g/mol. The summed E-state index contributed by atoms with van der Waals surface area (Å²) in [5.41, 5.74) is 0.168. The van der Waals surface area contributed by atoms with E-state index in [1.54, 1.807) is 35.2 Å². The van der Waals surface area contributed by atoms with E-state index < -0.39 is 17.4 Å². The molecule has 0 radical (unpaired) electrons. The highest BCUT2D eigenvalue weighted by molar-refractivity contribution is 5.78. The molecular formula is C29H31FN2O5. The standard InChI is InChI=1S/C29H31FN2O5/c1-29(27(33)34,37-26-11-7-6-10-25(26)30)18-21-12-14-24(15-13-21)36-17-16-23-20-32(28(35)31(23)2)19-22-8-4-3-5-9-22/h3-15,23H,16-20H2,1-2H3,(H,33,34)/t23-,29-/m0/s1. The molecule has 0 saturated carbocycles. The number of carbonyl (C=O) groups is 2. The third-order valence-corrected chi connectivity index (χ3v) is 6.58. The van der Waals surface area contributed by atoms with Crippen molar-refractivity contribution in [3.63, 3.8) is 0 Å². The molecular weight excluding hydrogens is 475 g/mol. The maximum absolute atomic E-state index is 14.0. The summed E-state index contributed by atoms with van der Waals surface area (Å²) in [5.74, 6) is -1.27. The molecule has 1 N–H and O–H groups in total. The van der Waals surface area contributed by atoms with E-state index in [9.17, 15) is 19.1 Å². The topological polar surface area (TPSA) is 79.3 Å². The number of likely N-dealkylation sites (N-methyl/N-ethyl adjacent to an activating group) is 1. The molecule has 2 amide bonds. The summed E-state index contributed by atoms with van der Waals surface area (Å²) >= 11 is 0. The van der Waals surface area contributed by atoms with Crippen LogP contribution >= 0.6 is 0 Å². The number of para-hydroxylation sites is 1. The molecule has 1 aliphatic rings. The Morgan fingerprint density at radius 3 is 2.38 bits per heavy atom. The zero-order valence-electron chi connectivity index (χ0n) is 21.0. The molecule has 3 aromatic carbocycles. The molecule has 1 heterocycles. The zero-order chi connectivity index (χ0) is 26.4. The fraction of sp³-hybridized carbons (Fsp3) is 0.310. The van der Waals surface area contributed by atoms with Gasteiger partial charge in [0, 0.05) is 33.0 Å². The predicted octanol–water partition coefficient (Wildman–Crippen LogP) is 5.00. The second kappa shape index (κ2) is 11.3. The molecule has 0 aliphatic carbocycles. The molecule has 194 valence electrons. The van der Waals surface area contributed by atoms with Gasteiger partial charge in [-0.15, -0.1) is 0 Å². The molecule has 2 atom stereocenters. The van der Waals surface area contributed by atoms with E-state index in [0.29, 0.717) is 37.4 Å². The van der Waals surface area contributed by atoms with Crippen LogP contribution in [0.5, 0.6) is 11.5 Å². The quantitative estimate of drug-likeness (QED) is 0.396. The minimum Gasteiger partial charge on any atom is -0.494 e. The first-order valence-electron chi connectivity index (χ1n) is 12.2. The number of hydrogen-bond donors (Lipinski definition) is 1. The SMILES string of the molecule is CN1C(=O)N(Cc2ccccc2)C[C@@H]1CCOc1ccc(C[C@](C)(Oc2ccccc2F)C(=O)O)cc1. The van der Waals surface area contributed by atoms with Crippen molar-refractivity contribution in [1.29, 1.82) is 0 Å². The van der Waals surface area contributed by atoms with Gasteiger partial charge in [-0.3, -0.25) is 0 Å². The van der Waals surface area contributed by atoms with Crippen molar-refractivity contribution in [2.75, 3.05) is 20.2 Å². The number of hydrogen-bond acceptors (Lipinski definition) is 4. The first-order chi connectivity index (χ1) is 17.7. The second-order valence-corrected chi connectivity index (χ2v) is 9.44. The Labute approximate surface area is 216 Å². The van der Waals surface area contributed by atoms with Gasteiger partial charge in [-0.1, -0.05) is 54.6 Å². The number of benzene rings is 3. The summed E-state index contributed by atoms with van der Waals surface area (Å²) < 4.78 is 25.5. The van der Waals surface area contributed by atoms with Crippen LogP contribution in [0.25, 0.3) is 0 Å². The van der Waals surface area contributed by atoms with E-state index in [1.807, 2.05) is 42.3 Å². The summed E-state index contributed by atoms with van der Waals surface area (Å²) in [6.07, 6.45) is 0.728. The lowest BCUT2D eigenvalue weighted by molar-refractivity contribution is -0.153. The van der Waals surface area contributed by atoms with Gasteiger partial charge in [-0.2, -0.15) is 0 Å². The van der Waals surface area contributed by atoms with Gasteiger partial charge in [0.25, 0.3) is 0 Å². The highest BCUT2D eigenvalue weighted by Crippen LogP contribution is 2.26. The van der Waals surface area contributed by atoms with Gasteiger partial charge in [-0.05, 0) is 42.3 Å². The minimum absolute atomic E-state index is 0.0114. The first-order valence-corrected chi connectivity index (χ1v) is 12.2. The Morgan fingerprint density at radius 2 is 1.70 bits per heavy atom. The summed E-state index contributed by atoms with van der Waals surface area (Å²) in [6.45, 7) is 3.08. The summed E-state index contributed by atoms with van der Waals surface area (Å²) in [4.78, 5) is 28.2. The lowest BCUT2D eigenvalue weighted by Gasteiger charge is -2.26. The van der Waals surface area contributed by atoms with Crippen molar-refractivity contribution in [2.24, 2.45) is 0 Å². The fourth-order valence-electron chi connectivity index (χ4n) is 4.39. The fourth-order valence-corrected chi connectivity index (χ4v) is 4.39. The molecule has 8 heteroatoms. The van der Waals surface area contributed by atoms with E-state index in [2.05, 4.69) is 0 Å². The van der Waals surface area contributed by atoms with Crippen LogP contribution in [0.1, 0.15) is 24.5 Å². The van der Waals surface area contributed by atoms with Gasteiger partial charge in [0.1, 0.15) is 5.75 Å². The van der Waals surface area contributed by atoms with Crippen molar-refractivity contribution >= 4 is 12.0 Å². The molecule has 1 aliphatic heterocycles. The van der Waals surface area contributed by atoms with Crippen molar-refractivity contribution < 1.29 is 28.6 Å². The maximum Gasteiger partial charge on any atom is 0.348 e. The molecule has 0 bridgehead atoms. The van der Waals surface area contributed by atoms with Crippen LogP contribution < -0.4 is 9.47 Å². The Balaban J connectivity index is 1.29. The van der Waals surface area contributed by atoms with E-state index in [0.717, 1.165) is 5.56 Å². The van der Waals surface area contributed by atoms with Gasteiger partial charge < -0.3 is 24.4 Å². The van der Waals surface area contributed by atoms with Gasteiger partial charge in [0.2, 0.25) is 5.60 Å². The number of carbonyl (C=O) groups excluding carboxylic acids is 1. The van der Waals surface area contributed by atoms with Gasteiger partial charge in [0.15, 0.2) is 11.6 Å². The third-order valence-electron chi connectivity index (χ3n) is 6.58. The predicted molar refractivity (Wildman–Crippen MR) is 137 cm³/mol. The lowest BCUT2D eigenvalue weighted by atomic mass is 9.96. The number of halogens is 1. The summed E-state index contributed by atoms with van der Waals surface area (Å²) in [6, 6.07) is 22.8. The highest BCUT2D eigenvalue weighted by Gasteiger charge is 2.37. The van der Waals surface area contributed by atoms with E-state index in [-0.39, 0.29) is 24.2 Å². The number of amides is 2. The molecule has 0 aromatic heterocycles. The van der Waals surface area contributed by atoms with Crippen LogP contribution in [0.3, 0.4) is 0 Å². The van der Waals surface area contributed by atoms with E-state index >= 15 is 0 Å². The van der Waals surface area contributed by atoms with Crippen molar-refractivity contribution in [1.82, 2.24) is 9.80 Å². The van der Waals surface area contributed by atoms with Gasteiger partial charge in [0.05, 0.1) is 12.6 Å². The van der Waals surface area contributed by atoms with Gasteiger partial charge in [-0.25, -0.2) is 14.0 Å². The monoisotopic (exact) mass is 506 g/mol. The minimum atomic E-state index is -1.64. The largest absolute Gasteiger partial charge is 0.494 e. The number of ether oxygens (including phenoxy) is 2. The number of urea groups is 1. The zero-order valence-corrected chi connectivity index (χ0v) is 21.0. The van der Waals surface area contributed by atoms with Crippen LogP contribution in [0.4, 0.5) is 9.18 Å². The molecule has 0 spiro atoms. The Bertz CT molecular complexity index is 1220. The van der Waals surface area contributed by atoms with Crippen LogP contribution in [0, 0.1) is 5.82 Å². The highest BCUT2D eigenvalue weighted by atomic mass is 19.1. The average Bonchev–Trinajstić information content (AvgIpc) is 3.15. The molecule has 37 heavy (non-hydrogen) atoms. The van der Waals surface area contributed by atoms with Crippen molar-refractivity contribution in [2.45, 2.75) is 38.0 Å². The third kappa shape index (κ3) is 6.39. The van der Waals surface area contributed by atoms with Crippen molar-refractivity contribution in [3.05, 3.63) is 95.8 Å². The molecule has 3 aromatic rings. The van der Waals surface area contributed by atoms with Crippen molar-refractivity contribution in [3.8, 4) is 11.5 Å². The Kier molecular flexibility index (Phi) is 7.96. The Hall–Kier alpha value is -4.07. The normalized spacial score (nSPS) is 16.9. The second-order valence-electron chi connectivity index (χ2n) is 9.44. The molecule has 1 saturated heterocycles. The number of carboxylic acids is 1. The smallest absolute Gasteiger partial charge is 0.348 e. The van der Waals surface area contributed by atoms with E-state index in [1.165, 1.54) is 25.1 Å². The summed E-state index contributed by atoms with van der Waals surface area (Å²) in [5, 5.41) is 9.76. The molecule has 4 rings (SSSR count). The number of aliphatic carboxylic acids is 1. The van der Waals surface area contributed by atoms with Crippen LogP contribution in [-0.2, 0) is 17.8 Å². The van der Waals surface area contributed by atoms with Crippen LogP contribution in [-0.4, -0.2) is 58.7 Å². The Morgan fingerprint density at radius 1 is 1.03 bits per heavy atom. The molecule has 1 fully saturated rings. The van der Waals surface area contributed by atoms with Crippen LogP contribution in [0.2, 0.25) is 0 Å². The molecule has 0 unspecified atom stereocenters.